The highest BCUT2D eigenvalue weighted by atomic mass is 32.2. The lowest BCUT2D eigenvalue weighted by molar-refractivity contribution is -0.120. The SMILES string of the molecule is CCCNC(=O)C(C)SCc1nc(N)nc(Nc2ccc(C)cc2)n1. The summed E-state index contributed by atoms with van der Waals surface area (Å²) in [5.74, 6) is 1.60. The molecule has 2 rings (SSSR count). The van der Waals surface area contributed by atoms with Crippen LogP contribution in [0.15, 0.2) is 24.3 Å². The van der Waals surface area contributed by atoms with Gasteiger partial charge in [-0.15, -0.1) is 11.8 Å². The van der Waals surface area contributed by atoms with Crippen LogP contribution in [0.3, 0.4) is 0 Å². The molecule has 0 fully saturated rings. The third kappa shape index (κ3) is 6.22. The van der Waals surface area contributed by atoms with Crippen molar-refractivity contribution in [3.05, 3.63) is 35.7 Å². The van der Waals surface area contributed by atoms with Gasteiger partial charge in [-0.3, -0.25) is 4.79 Å². The second kappa shape index (κ2) is 9.22. The van der Waals surface area contributed by atoms with Crippen LogP contribution in [0.4, 0.5) is 17.6 Å². The number of nitrogen functional groups attached to an aromatic ring is 1. The summed E-state index contributed by atoms with van der Waals surface area (Å²) in [6.45, 7) is 6.60. The predicted molar refractivity (Wildman–Crippen MR) is 103 cm³/mol. The van der Waals surface area contributed by atoms with E-state index in [4.69, 9.17) is 5.73 Å². The number of benzene rings is 1. The van der Waals surface area contributed by atoms with Gasteiger partial charge in [0.1, 0.15) is 5.82 Å². The summed E-state index contributed by atoms with van der Waals surface area (Å²) < 4.78 is 0. The average Bonchev–Trinajstić information content (AvgIpc) is 2.59. The van der Waals surface area contributed by atoms with Crippen LogP contribution < -0.4 is 16.4 Å². The van der Waals surface area contributed by atoms with E-state index >= 15 is 0 Å². The quantitative estimate of drug-likeness (QED) is 0.664. The molecule has 0 aliphatic heterocycles. The summed E-state index contributed by atoms with van der Waals surface area (Å²) in [7, 11) is 0. The molecule has 0 aliphatic carbocycles. The van der Waals surface area contributed by atoms with E-state index in [1.165, 1.54) is 17.3 Å². The van der Waals surface area contributed by atoms with Crippen molar-refractivity contribution >= 4 is 35.3 Å². The maximum atomic E-state index is 11.9. The van der Waals surface area contributed by atoms with Gasteiger partial charge in [0.2, 0.25) is 17.8 Å². The largest absolute Gasteiger partial charge is 0.368 e. The lowest BCUT2D eigenvalue weighted by Crippen LogP contribution is -2.31. The van der Waals surface area contributed by atoms with Gasteiger partial charge < -0.3 is 16.4 Å². The predicted octanol–water partition coefficient (Wildman–Crippen LogP) is 2.65. The zero-order chi connectivity index (χ0) is 18.2. The molecule has 7 nitrogen and oxygen atoms in total. The molecule has 0 saturated carbocycles. The fourth-order valence-electron chi connectivity index (χ4n) is 1.99. The van der Waals surface area contributed by atoms with Crippen LogP contribution in [-0.4, -0.2) is 32.7 Å². The minimum atomic E-state index is -0.182. The zero-order valence-corrected chi connectivity index (χ0v) is 15.6. The molecule has 1 atom stereocenters. The Morgan fingerprint density at radius 1 is 1.24 bits per heavy atom. The van der Waals surface area contributed by atoms with Crippen LogP contribution in [0.1, 0.15) is 31.7 Å². The highest BCUT2D eigenvalue weighted by molar-refractivity contribution is 7.99. The van der Waals surface area contributed by atoms with Crippen molar-refractivity contribution < 1.29 is 4.79 Å². The molecule has 0 radical (unpaired) electrons. The van der Waals surface area contributed by atoms with Crippen molar-refractivity contribution in [3.63, 3.8) is 0 Å². The van der Waals surface area contributed by atoms with Crippen LogP contribution in [-0.2, 0) is 10.5 Å². The van der Waals surface area contributed by atoms with E-state index in [1.54, 1.807) is 0 Å². The van der Waals surface area contributed by atoms with Crippen molar-refractivity contribution in [2.75, 3.05) is 17.6 Å². The number of carbonyl (C=O) groups excluding carboxylic acids is 1. The molecule has 4 N–H and O–H groups in total. The van der Waals surface area contributed by atoms with E-state index < -0.39 is 0 Å². The number of hydrogen-bond donors (Lipinski definition) is 3. The van der Waals surface area contributed by atoms with Crippen LogP contribution >= 0.6 is 11.8 Å². The molecular weight excluding hydrogens is 336 g/mol. The number of rotatable bonds is 8. The number of nitrogens with zero attached hydrogens (tertiary/aromatic N) is 3. The number of nitrogens with one attached hydrogen (secondary N) is 2. The molecule has 1 amide bonds. The van der Waals surface area contributed by atoms with Gasteiger partial charge in [-0.05, 0) is 32.4 Å². The Morgan fingerprint density at radius 3 is 2.64 bits per heavy atom. The van der Waals surface area contributed by atoms with Gasteiger partial charge in [-0.25, -0.2) is 0 Å². The van der Waals surface area contributed by atoms with Crippen LogP contribution in [0.25, 0.3) is 0 Å². The van der Waals surface area contributed by atoms with Gasteiger partial charge in [-0.1, -0.05) is 24.6 Å². The van der Waals surface area contributed by atoms with E-state index in [0.717, 1.165) is 12.1 Å². The molecular formula is C17H24N6OS. The highest BCUT2D eigenvalue weighted by Gasteiger charge is 2.14. The highest BCUT2D eigenvalue weighted by Crippen LogP contribution is 2.18. The molecule has 0 aliphatic rings. The van der Waals surface area contributed by atoms with Crippen molar-refractivity contribution in [1.29, 1.82) is 0 Å². The van der Waals surface area contributed by atoms with Crippen molar-refractivity contribution in [2.45, 2.75) is 38.2 Å². The normalized spacial score (nSPS) is 11.8. The Balaban J connectivity index is 1.98. The summed E-state index contributed by atoms with van der Waals surface area (Å²) in [6, 6.07) is 7.90. The first-order valence-corrected chi connectivity index (χ1v) is 9.26. The Hall–Kier alpha value is -2.35. The molecule has 2 aromatic rings. The van der Waals surface area contributed by atoms with E-state index in [1.807, 2.05) is 45.0 Å². The van der Waals surface area contributed by atoms with Gasteiger partial charge in [0.05, 0.1) is 11.0 Å². The Kier molecular flexibility index (Phi) is 7.00. The zero-order valence-electron chi connectivity index (χ0n) is 14.7. The first-order valence-electron chi connectivity index (χ1n) is 8.21. The number of amides is 1. The monoisotopic (exact) mass is 360 g/mol. The summed E-state index contributed by atoms with van der Waals surface area (Å²) in [5.41, 5.74) is 7.83. The molecule has 25 heavy (non-hydrogen) atoms. The topological polar surface area (TPSA) is 106 Å². The summed E-state index contributed by atoms with van der Waals surface area (Å²) in [4.78, 5) is 24.5. The van der Waals surface area contributed by atoms with Crippen LogP contribution in [0.5, 0.6) is 0 Å². The summed E-state index contributed by atoms with van der Waals surface area (Å²) in [5, 5.41) is 5.82. The molecule has 1 unspecified atom stereocenters. The molecule has 0 saturated heterocycles. The van der Waals surface area contributed by atoms with E-state index in [2.05, 4.69) is 25.6 Å². The smallest absolute Gasteiger partial charge is 0.232 e. The van der Waals surface area contributed by atoms with Crippen molar-refractivity contribution in [3.8, 4) is 0 Å². The fourth-order valence-corrected chi connectivity index (χ4v) is 2.75. The molecule has 0 spiro atoms. The van der Waals surface area contributed by atoms with Gasteiger partial charge in [0.15, 0.2) is 0 Å². The standard InChI is InChI=1S/C17H24N6OS/c1-4-9-19-15(24)12(3)25-10-14-21-16(18)23-17(22-14)20-13-7-5-11(2)6-8-13/h5-8,12H,4,9-10H2,1-3H3,(H,19,24)(H3,18,20,21,22,23). The molecule has 8 heteroatoms. The summed E-state index contributed by atoms with van der Waals surface area (Å²) in [6.07, 6.45) is 0.918. The molecule has 1 aromatic carbocycles. The lowest BCUT2D eigenvalue weighted by atomic mass is 10.2. The number of nitrogens with two attached hydrogens (primary N) is 1. The molecule has 1 heterocycles. The number of carbonyl (C=O) groups is 1. The molecule has 134 valence electrons. The average molecular weight is 360 g/mol. The Bertz CT molecular complexity index is 707. The van der Waals surface area contributed by atoms with Crippen LogP contribution in [0.2, 0.25) is 0 Å². The number of aromatic nitrogens is 3. The first kappa shape index (κ1) is 19.0. The Labute approximate surface area is 152 Å². The van der Waals surface area contributed by atoms with Gasteiger partial charge in [0.25, 0.3) is 0 Å². The van der Waals surface area contributed by atoms with E-state index in [9.17, 15) is 4.79 Å². The molecule has 1 aromatic heterocycles. The second-order valence-electron chi connectivity index (χ2n) is 5.67. The summed E-state index contributed by atoms with van der Waals surface area (Å²) >= 11 is 1.47. The third-order valence-electron chi connectivity index (χ3n) is 3.39. The molecule has 0 bridgehead atoms. The van der Waals surface area contributed by atoms with Gasteiger partial charge in [0, 0.05) is 12.2 Å². The first-order chi connectivity index (χ1) is 12.0. The van der Waals surface area contributed by atoms with Gasteiger partial charge >= 0.3 is 0 Å². The maximum Gasteiger partial charge on any atom is 0.232 e. The number of hydrogen-bond acceptors (Lipinski definition) is 7. The minimum absolute atomic E-state index is 0.0203. The van der Waals surface area contributed by atoms with Crippen LogP contribution in [0, 0.1) is 6.92 Å². The number of aryl methyl sites for hydroxylation is 1. The fraction of sp³-hybridized carbons (Fsp3) is 0.412. The third-order valence-corrected chi connectivity index (χ3v) is 4.53. The Morgan fingerprint density at radius 2 is 1.96 bits per heavy atom. The van der Waals surface area contributed by atoms with E-state index in [-0.39, 0.29) is 17.1 Å². The lowest BCUT2D eigenvalue weighted by Gasteiger charge is -2.11. The van der Waals surface area contributed by atoms with Gasteiger partial charge in [-0.2, -0.15) is 15.0 Å². The van der Waals surface area contributed by atoms with Crippen molar-refractivity contribution in [2.24, 2.45) is 0 Å². The van der Waals surface area contributed by atoms with Crippen molar-refractivity contribution in [1.82, 2.24) is 20.3 Å². The minimum Gasteiger partial charge on any atom is -0.368 e. The van der Waals surface area contributed by atoms with E-state index in [0.29, 0.717) is 24.1 Å². The second-order valence-corrected chi connectivity index (χ2v) is 7.00. The number of thioether (sulfide) groups is 1. The maximum absolute atomic E-state index is 11.9. The number of anilines is 3.